The molecule has 1 unspecified atom stereocenters. The van der Waals surface area contributed by atoms with Crippen molar-refractivity contribution < 1.29 is 24.0 Å². The molecule has 1 aromatic carbocycles. The minimum atomic E-state index is -1.11. The number of rotatable bonds is 9. The number of ether oxygens (including phenoxy) is 1. The lowest BCUT2D eigenvalue weighted by atomic mass is 10.1. The summed E-state index contributed by atoms with van der Waals surface area (Å²) in [5.74, 6) is -1.75. The normalized spacial score (nSPS) is 17.7. The number of amides is 4. The highest BCUT2D eigenvalue weighted by Gasteiger charge is 2.40. The lowest BCUT2D eigenvalue weighted by molar-refractivity contribution is -0.896. The molecule has 1 heterocycles. The molecule has 0 saturated carbocycles. The van der Waals surface area contributed by atoms with E-state index >= 15 is 0 Å². The van der Waals surface area contributed by atoms with E-state index in [1.165, 1.54) is 18.2 Å². The Kier molecular flexibility index (Phi) is 7.48. The number of aliphatic imine (C=N–C) groups is 1. The van der Waals surface area contributed by atoms with E-state index < -0.39 is 23.8 Å². The molecule has 2 N–H and O–H groups in total. The number of anilines is 1. The van der Waals surface area contributed by atoms with Crippen LogP contribution in [-0.2, 0) is 9.59 Å². The first-order valence-electron chi connectivity index (χ1n) is 9.18. The number of hydrogen-bond acceptors (Lipinski definition) is 5. The molecule has 0 radical (unpaired) electrons. The fourth-order valence-electron chi connectivity index (χ4n) is 2.90. The summed E-state index contributed by atoms with van der Waals surface area (Å²) >= 11 is 0. The molecule has 8 heteroatoms. The third-order valence-electron chi connectivity index (χ3n) is 4.60. The Balaban J connectivity index is 2.03. The lowest BCUT2D eigenvalue weighted by Gasteiger charge is -2.28. The van der Waals surface area contributed by atoms with Crippen molar-refractivity contribution in [3.8, 4) is 5.75 Å². The molecule has 4 amide bonds. The smallest absolute Gasteiger partial charge is 0.335 e. The number of urea groups is 1. The Labute approximate surface area is 159 Å². The van der Waals surface area contributed by atoms with E-state index in [-0.39, 0.29) is 0 Å². The summed E-state index contributed by atoms with van der Waals surface area (Å²) in [7, 11) is 1.53. The van der Waals surface area contributed by atoms with Crippen LogP contribution in [0.25, 0.3) is 0 Å². The van der Waals surface area contributed by atoms with Gasteiger partial charge in [0.15, 0.2) is 5.92 Å². The van der Waals surface area contributed by atoms with Gasteiger partial charge in [-0.2, -0.15) is 0 Å². The molecule has 0 bridgehead atoms. The molecule has 1 aliphatic rings. The summed E-state index contributed by atoms with van der Waals surface area (Å²) < 4.78 is 5.08. The molecule has 0 aromatic heterocycles. The largest absolute Gasteiger partial charge is 0.497 e. The molecule has 8 nitrogen and oxygen atoms in total. The highest BCUT2D eigenvalue weighted by Crippen LogP contribution is 2.23. The van der Waals surface area contributed by atoms with E-state index in [9.17, 15) is 14.4 Å². The van der Waals surface area contributed by atoms with Gasteiger partial charge in [0.05, 0.1) is 32.4 Å². The van der Waals surface area contributed by atoms with Crippen molar-refractivity contribution in [2.45, 2.75) is 20.3 Å². The van der Waals surface area contributed by atoms with Gasteiger partial charge in [-0.15, -0.1) is 0 Å². The Morgan fingerprint density at radius 3 is 2.44 bits per heavy atom. The highest BCUT2D eigenvalue weighted by molar-refractivity contribution is 6.32. The average Bonchev–Trinajstić information content (AvgIpc) is 2.67. The van der Waals surface area contributed by atoms with Crippen LogP contribution >= 0.6 is 0 Å². The number of benzene rings is 1. The summed E-state index contributed by atoms with van der Waals surface area (Å²) in [4.78, 5) is 43.5. The van der Waals surface area contributed by atoms with Gasteiger partial charge in [-0.1, -0.05) is 0 Å². The van der Waals surface area contributed by atoms with Crippen LogP contribution in [0.2, 0.25) is 0 Å². The second-order valence-electron chi connectivity index (χ2n) is 6.26. The zero-order chi connectivity index (χ0) is 19.8. The quantitative estimate of drug-likeness (QED) is 0.368. The number of imide groups is 2. The third kappa shape index (κ3) is 5.13. The number of nitrogens with zero attached hydrogens (tertiary/aromatic N) is 2. The highest BCUT2D eigenvalue weighted by atomic mass is 16.5. The van der Waals surface area contributed by atoms with Gasteiger partial charge in [-0.05, 0) is 38.1 Å². The van der Waals surface area contributed by atoms with Crippen LogP contribution < -0.4 is 19.9 Å². The molecular formula is C19H27N4O4+. The van der Waals surface area contributed by atoms with Gasteiger partial charge in [0.1, 0.15) is 5.75 Å². The summed E-state index contributed by atoms with van der Waals surface area (Å²) in [6.07, 6.45) is 2.22. The minimum absolute atomic E-state index is 0.370. The fourth-order valence-corrected chi connectivity index (χ4v) is 2.90. The number of quaternary nitrogens is 1. The predicted molar refractivity (Wildman–Crippen MR) is 102 cm³/mol. The summed E-state index contributed by atoms with van der Waals surface area (Å²) in [6, 6.07) is 5.71. The van der Waals surface area contributed by atoms with Crippen LogP contribution in [0, 0.1) is 5.92 Å². The lowest BCUT2D eigenvalue weighted by Crippen LogP contribution is -3.11. The Morgan fingerprint density at radius 1 is 1.19 bits per heavy atom. The standard InChI is InChI=1S/C19H26N4O4/c1-4-22(5-2)12-6-11-20-13-16-17(24)21-19(26)23(18(16)25)14-7-9-15(27-3)10-8-14/h7-10,13,16H,4-6,11-12H2,1-3H3,(H,21,24,26)/p+1. The van der Waals surface area contributed by atoms with Crippen molar-refractivity contribution >= 4 is 29.7 Å². The summed E-state index contributed by atoms with van der Waals surface area (Å²) in [5, 5.41) is 2.21. The van der Waals surface area contributed by atoms with Gasteiger partial charge in [0.25, 0.3) is 5.91 Å². The van der Waals surface area contributed by atoms with Gasteiger partial charge in [-0.25, -0.2) is 9.69 Å². The molecule has 0 spiro atoms. The van der Waals surface area contributed by atoms with Gasteiger partial charge >= 0.3 is 6.03 Å². The summed E-state index contributed by atoms with van der Waals surface area (Å²) in [6.45, 7) is 7.92. The number of barbiturate groups is 1. The number of carbonyl (C=O) groups excluding carboxylic acids is 3. The zero-order valence-electron chi connectivity index (χ0n) is 16.0. The first-order chi connectivity index (χ1) is 13.0. The fraction of sp³-hybridized carbons (Fsp3) is 0.474. The van der Waals surface area contributed by atoms with E-state index in [4.69, 9.17) is 4.74 Å². The van der Waals surface area contributed by atoms with Crippen LogP contribution in [0.1, 0.15) is 20.3 Å². The van der Waals surface area contributed by atoms with E-state index in [1.54, 1.807) is 24.3 Å². The molecular weight excluding hydrogens is 348 g/mol. The SMILES string of the molecule is CC[NH+](CC)CCCN=CC1C(=O)NC(=O)N(c2ccc(OC)cc2)C1=O. The van der Waals surface area contributed by atoms with Gasteiger partial charge in [0, 0.05) is 19.2 Å². The van der Waals surface area contributed by atoms with Gasteiger partial charge < -0.3 is 9.64 Å². The molecule has 2 rings (SSSR count). The molecule has 1 aromatic rings. The number of methoxy groups -OCH3 is 1. The van der Waals surface area contributed by atoms with E-state index in [0.717, 1.165) is 31.0 Å². The van der Waals surface area contributed by atoms with Crippen LogP contribution in [0.4, 0.5) is 10.5 Å². The van der Waals surface area contributed by atoms with Crippen molar-refractivity contribution in [1.82, 2.24) is 5.32 Å². The van der Waals surface area contributed by atoms with Crippen LogP contribution in [-0.4, -0.2) is 57.3 Å². The molecule has 1 atom stereocenters. The Morgan fingerprint density at radius 2 is 1.85 bits per heavy atom. The van der Waals surface area contributed by atoms with Gasteiger partial charge in [-0.3, -0.25) is 19.9 Å². The third-order valence-corrected chi connectivity index (χ3v) is 4.60. The topological polar surface area (TPSA) is 92.5 Å². The van der Waals surface area contributed by atoms with E-state index in [2.05, 4.69) is 24.2 Å². The van der Waals surface area contributed by atoms with Crippen molar-refractivity contribution in [1.29, 1.82) is 0 Å². The van der Waals surface area contributed by atoms with Gasteiger partial charge in [0.2, 0.25) is 5.91 Å². The maximum atomic E-state index is 12.7. The average molecular weight is 375 g/mol. The maximum absolute atomic E-state index is 12.7. The van der Waals surface area contributed by atoms with Crippen LogP contribution in [0.5, 0.6) is 5.75 Å². The summed E-state index contributed by atoms with van der Waals surface area (Å²) in [5.41, 5.74) is 0.370. The number of nitrogens with one attached hydrogen (secondary N) is 2. The Bertz CT molecular complexity index is 698. The monoisotopic (exact) mass is 375 g/mol. The van der Waals surface area contributed by atoms with E-state index in [0.29, 0.717) is 18.0 Å². The second kappa shape index (κ2) is 9.82. The molecule has 1 aliphatic heterocycles. The number of carbonyl (C=O) groups is 3. The molecule has 27 heavy (non-hydrogen) atoms. The molecule has 146 valence electrons. The van der Waals surface area contributed by atoms with Crippen molar-refractivity contribution in [2.75, 3.05) is 38.2 Å². The predicted octanol–water partition coefficient (Wildman–Crippen LogP) is 0.280. The Hall–Kier alpha value is -2.74. The van der Waals surface area contributed by atoms with E-state index in [1.807, 2.05) is 0 Å². The number of hydrogen-bond donors (Lipinski definition) is 2. The van der Waals surface area contributed by atoms with Crippen molar-refractivity contribution in [3.63, 3.8) is 0 Å². The molecule has 1 fully saturated rings. The minimum Gasteiger partial charge on any atom is -0.497 e. The first kappa shape index (κ1) is 20.6. The molecule has 0 aliphatic carbocycles. The first-order valence-corrected chi connectivity index (χ1v) is 9.18. The molecule has 1 saturated heterocycles. The van der Waals surface area contributed by atoms with Crippen LogP contribution in [0.15, 0.2) is 29.3 Å². The van der Waals surface area contributed by atoms with Crippen molar-refractivity contribution in [2.24, 2.45) is 10.9 Å². The second-order valence-corrected chi connectivity index (χ2v) is 6.26. The maximum Gasteiger partial charge on any atom is 0.335 e. The van der Waals surface area contributed by atoms with Crippen molar-refractivity contribution in [3.05, 3.63) is 24.3 Å². The van der Waals surface area contributed by atoms with Crippen LogP contribution in [0.3, 0.4) is 0 Å². The zero-order valence-corrected chi connectivity index (χ0v) is 16.0.